The lowest BCUT2D eigenvalue weighted by Gasteiger charge is -2.17. The summed E-state index contributed by atoms with van der Waals surface area (Å²) in [4.78, 5) is 24.8. The number of benzene rings is 2. The molecule has 5 nitrogen and oxygen atoms in total. The molecule has 0 N–H and O–H groups in total. The summed E-state index contributed by atoms with van der Waals surface area (Å²) in [6.45, 7) is 0. The molecule has 1 aliphatic rings. The molecule has 0 saturated heterocycles. The summed E-state index contributed by atoms with van der Waals surface area (Å²) in [7, 11) is 1.30. The number of hydrogen-bond acceptors (Lipinski definition) is 5. The van der Waals surface area contributed by atoms with E-state index in [1.165, 1.54) is 7.11 Å². The average Bonchev–Trinajstić information content (AvgIpc) is 3.03. The number of hydrogen-bond donors (Lipinski definition) is 0. The van der Waals surface area contributed by atoms with Crippen LogP contribution in [0.2, 0.25) is 0 Å². The molecule has 0 aliphatic carbocycles. The Bertz CT molecular complexity index is 974. The third kappa shape index (κ3) is 2.09. The third-order valence-electron chi connectivity index (χ3n) is 4.24. The first kappa shape index (κ1) is 14.5. The van der Waals surface area contributed by atoms with Crippen molar-refractivity contribution >= 4 is 16.9 Å². The maximum absolute atomic E-state index is 12.5. The molecule has 2 heterocycles. The number of carbonyl (C=O) groups excluding carboxylic acids is 1. The van der Waals surface area contributed by atoms with Crippen LogP contribution in [0.5, 0.6) is 5.75 Å². The van der Waals surface area contributed by atoms with Gasteiger partial charge in [-0.1, -0.05) is 42.5 Å². The van der Waals surface area contributed by atoms with E-state index in [0.717, 1.165) is 5.56 Å². The molecule has 3 aromatic rings. The highest BCUT2D eigenvalue weighted by atomic mass is 16.5. The zero-order valence-electron chi connectivity index (χ0n) is 12.9. The molecule has 0 spiro atoms. The fraction of sp³-hybridized carbons (Fsp3) is 0.158. The van der Waals surface area contributed by atoms with Crippen LogP contribution >= 0.6 is 0 Å². The Morgan fingerprint density at radius 1 is 1.04 bits per heavy atom. The highest BCUT2D eigenvalue weighted by Gasteiger charge is 2.45. The van der Waals surface area contributed by atoms with Gasteiger partial charge in [-0.2, -0.15) is 0 Å². The van der Waals surface area contributed by atoms with Crippen molar-refractivity contribution in [1.82, 2.24) is 0 Å². The van der Waals surface area contributed by atoms with Gasteiger partial charge < -0.3 is 13.9 Å². The standard InChI is InChI=1S/C19H14O5/c1-22-18(20)14-15-17(24-16(14)11-7-3-2-4-8-11)12-9-5-6-10-13(12)23-19(15)21/h2-10,14,16H,1H3/t14-,16+/m1/s1. The van der Waals surface area contributed by atoms with E-state index in [-0.39, 0.29) is 5.56 Å². The Kier molecular flexibility index (Phi) is 3.34. The number of ether oxygens (including phenoxy) is 2. The molecule has 0 radical (unpaired) electrons. The zero-order chi connectivity index (χ0) is 16.7. The van der Waals surface area contributed by atoms with Gasteiger partial charge in [-0.05, 0) is 17.7 Å². The van der Waals surface area contributed by atoms with Crippen LogP contribution in [0.3, 0.4) is 0 Å². The van der Waals surface area contributed by atoms with Crippen LogP contribution in [0.1, 0.15) is 23.1 Å². The summed E-state index contributed by atoms with van der Waals surface area (Å²) < 4.78 is 16.3. The lowest BCUT2D eigenvalue weighted by molar-refractivity contribution is -0.144. The van der Waals surface area contributed by atoms with Gasteiger partial charge in [0.1, 0.15) is 23.4 Å². The second-order valence-corrected chi connectivity index (χ2v) is 5.58. The maximum atomic E-state index is 12.5. The number of methoxy groups -OCH3 is 1. The van der Waals surface area contributed by atoms with E-state index < -0.39 is 23.6 Å². The average molecular weight is 322 g/mol. The molecular weight excluding hydrogens is 308 g/mol. The summed E-state index contributed by atoms with van der Waals surface area (Å²) in [5.41, 5.74) is 0.873. The van der Waals surface area contributed by atoms with Crippen molar-refractivity contribution in [3.05, 3.63) is 76.1 Å². The lowest BCUT2D eigenvalue weighted by Crippen LogP contribution is -2.23. The minimum Gasteiger partial charge on any atom is -0.483 e. The van der Waals surface area contributed by atoms with Crippen LogP contribution in [0.15, 0.2) is 63.8 Å². The minimum atomic E-state index is -0.853. The van der Waals surface area contributed by atoms with Crippen LogP contribution in [-0.4, -0.2) is 13.1 Å². The van der Waals surface area contributed by atoms with E-state index >= 15 is 0 Å². The smallest absolute Gasteiger partial charge is 0.344 e. The van der Waals surface area contributed by atoms with Crippen molar-refractivity contribution < 1.29 is 18.7 Å². The van der Waals surface area contributed by atoms with Gasteiger partial charge in [0.25, 0.3) is 0 Å². The highest BCUT2D eigenvalue weighted by Crippen LogP contribution is 2.47. The first-order valence-corrected chi connectivity index (χ1v) is 7.56. The molecule has 2 atom stereocenters. The van der Waals surface area contributed by atoms with Crippen LogP contribution in [0, 0.1) is 0 Å². The van der Waals surface area contributed by atoms with Crippen molar-refractivity contribution in [1.29, 1.82) is 0 Å². The molecule has 1 aliphatic heterocycles. The summed E-state index contributed by atoms with van der Waals surface area (Å²) in [5, 5.41) is 0.666. The third-order valence-corrected chi connectivity index (χ3v) is 4.24. The Hall–Kier alpha value is -3.08. The lowest BCUT2D eigenvalue weighted by atomic mass is 9.91. The monoisotopic (exact) mass is 322 g/mol. The summed E-state index contributed by atoms with van der Waals surface area (Å²) in [5.74, 6) is -0.982. The van der Waals surface area contributed by atoms with Crippen molar-refractivity contribution in [2.24, 2.45) is 0 Å². The molecule has 120 valence electrons. The predicted octanol–water partition coefficient (Wildman–Crippen LogP) is 3.18. The van der Waals surface area contributed by atoms with Gasteiger partial charge in [0.2, 0.25) is 0 Å². The van der Waals surface area contributed by atoms with E-state index in [4.69, 9.17) is 13.9 Å². The van der Waals surface area contributed by atoms with Gasteiger partial charge in [-0.25, -0.2) is 4.79 Å². The van der Waals surface area contributed by atoms with Crippen LogP contribution in [-0.2, 0) is 9.53 Å². The second-order valence-electron chi connectivity index (χ2n) is 5.58. The minimum absolute atomic E-state index is 0.217. The summed E-state index contributed by atoms with van der Waals surface area (Å²) in [6, 6.07) is 16.4. The van der Waals surface area contributed by atoms with Gasteiger partial charge in [0.15, 0.2) is 0 Å². The number of esters is 1. The largest absolute Gasteiger partial charge is 0.483 e. The van der Waals surface area contributed by atoms with Gasteiger partial charge >= 0.3 is 11.6 Å². The van der Waals surface area contributed by atoms with Crippen LogP contribution in [0.4, 0.5) is 0 Å². The zero-order valence-corrected chi connectivity index (χ0v) is 12.9. The molecule has 1 aromatic heterocycles. The maximum Gasteiger partial charge on any atom is 0.344 e. The van der Waals surface area contributed by atoms with E-state index in [1.807, 2.05) is 36.4 Å². The Morgan fingerprint density at radius 3 is 2.50 bits per heavy atom. The molecule has 5 heteroatoms. The highest BCUT2D eigenvalue weighted by molar-refractivity contribution is 5.90. The van der Waals surface area contributed by atoms with E-state index in [9.17, 15) is 9.59 Å². The summed E-state index contributed by atoms with van der Waals surface area (Å²) >= 11 is 0. The van der Waals surface area contributed by atoms with Crippen molar-refractivity contribution in [3.8, 4) is 5.75 Å². The van der Waals surface area contributed by atoms with Crippen molar-refractivity contribution in [3.63, 3.8) is 0 Å². The SMILES string of the molecule is COC(=O)[C@@H]1c2c(c3ccccc3oc2=O)O[C@H]1c1ccccc1. The Labute approximate surface area is 137 Å². The van der Waals surface area contributed by atoms with Crippen molar-refractivity contribution in [2.45, 2.75) is 12.0 Å². The predicted molar refractivity (Wildman–Crippen MR) is 87.1 cm³/mol. The molecule has 4 rings (SSSR count). The summed E-state index contributed by atoms with van der Waals surface area (Å²) in [6.07, 6.45) is -0.623. The fourth-order valence-corrected chi connectivity index (χ4v) is 3.15. The van der Waals surface area contributed by atoms with Gasteiger partial charge in [-0.15, -0.1) is 0 Å². The first-order valence-electron chi connectivity index (χ1n) is 7.56. The normalized spacial score (nSPS) is 18.9. The molecule has 2 aromatic carbocycles. The topological polar surface area (TPSA) is 65.7 Å². The van der Waals surface area contributed by atoms with Gasteiger partial charge in [0.05, 0.1) is 18.1 Å². The molecule has 0 amide bonds. The Morgan fingerprint density at radius 2 is 1.75 bits per heavy atom. The van der Waals surface area contributed by atoms with Crippen LogP contribution in [0.25, 0.3) is 11.0 Å². The molecular formula is C19H14O5. The number of carbonyl (C=O) groups is 1. The molecule has 0 fully saturated rings. The molecule has 0 bridgehead atoms. The Balaban J connectivity index is 1.97. The quantitative estimate of drug-likeness (QED) is 0.535. The fourth-order valence-electron chi connectivity index (χ4n) is 3.15. The van der Waals surface area contributed by atoms with Crippen molar-refractivity contribution in [2.75, 3.05) is 7.11 Å². The number of fused-ring (bicyclic) bond motifs is 3. The van der Waals surface area contributed by atoms with Crippen LogP contribution < -0.4 is 10.4 Å². The van der Waals surface area contributed by atoms with E-state index in [2.05, 4.69) is 0 Å². The molecule has 24 heavy (non-hydrogen) atoms. The second kappa shape index (κ2) is 5.53. The number of rotatable bonds is 2. The van der Waals surface area contributed by atoms with Gasteiger partial charge in [-0.3, -0.25) is 4.79 Å². The van der Waals surface area contributed by atoms with E-state index in [1.54, 1.807) is 18.2 Å². The molecule has 0 unspecified atom stereocenters. The van der Waals surface area contributed by atoms with Gasteiger partial charge in [0, 0.05) is 0 Å². The number of para-hydroxylation sites is 1. The van der Waals surface area contributed by atoms with E-state index in [0.29, 0.717) is 16.7 Å². The molecule has 0 saturated carbocycles. The first-order chi connectivity index (χ1) is 11.7.